The molecule has 1 aliphatic rings. The van der Waals surface area contributed by atoms with Crippen molar-refractivity contribution in [3.63, 3.8) is 0 Å². The van der Waals surface area contributed by atoms with Crippen molar-refractivity contribution in [2.45, 2.75) is 39.3 Å². The average Bonchev–Trinajstić information content (AvgIpc) is 2.87. The Hall–Kier alpha value is -1.13. The van der Waals surface area contributed by atoms with Crippen molar-refractivity contribution in [1.29, 1.82) is 0 Å². The Balaban J connectivity index is 2.09. The van der Waals surface area contributed by atoms with E-state index in [0.29, 0.717) is 11.8 Å². The molecule has 2 heterocycles. The maximum atomic E-state index is 9.89. The second kappa shape index (κ2) is 6.16. The van der Waals surface area contributed by atoms with E-state index in [1.54, 1.807) is 6.07 Å². The van der Waals surface area contributed by atoms with Crippen molar-refractivity contribution >= 4 is 0 Å². The lowest BCUT2D eigenvalue weighted by Gasteiger charge is -2.27. The van der Waals surface area contributed by atoms with Gasteiger partial charge in [0.2, 0.25) is 0 Å². The van der Waals surface area contributed by atoms with Gasteiger partial charge in [0.05, 0.1) is 5.69 Å². The van der Waals surface area contributed by atoms with Gasteiger partial charge in [0, 0.05) is 24.8 Å². The molecule has 1 atom stereocenters. The molecular formula is C14H23N3O. The summed E-state index contributed by atoms with van der Waals surface area (Å²) < 4.78 is 0. The summed E-state index contributed by atoms with van der Waals surface area (Å²) in [5.74, 6) is 0.313. The molecule has 0 aromatic carbocycles. The highest BCUT2D eigenvalue weighted by Gasteiger charge is 2.22. The fourth-order valence-corrected chi connectivity index (χ4v) is 2.54. The van der Waals surface area contributed by atoms with Gasteiger partial charge in [0.25, 0.3) is 0 Å². The van der Waals surface area contributed by atoms with Crippen LogP contribution in [-0.2, 0) is 6.54 Å². The van der Waals surface area contributed by atoms with Gasteiger partial charge in [-0.05, 0) is 45.0 Å². The van der Waals surface area contributed by atoms with Crippen LogP contribution in [0.3, 0.4) is 0 Å². The first kappa shape index (κ1) is 13.3. The smallest absolute Gasteiger partial charge is 0.138 e. The number of aryl methyl sites for hydroxylation is 1. The highest BCUT2D eigenvalue weighted by atomic mass is 16.3. The quantitative estimate of drug-likeness (QED) is 0.833. The summed E-state index contributed by atoms with van der Waals surface area (Å²) in [6.45, 7) is 8.10. The molecule has 0 saturated carbocycles. The third-order valence-corrected chi connectivity index (χ3v) is 3.50. The van der Waals surface area contributed by atoms with Crippen molar-refractivity contribution in [1.82, 2.24) is 15.2 Å². The van der Waals surface area contributed by atoms with Crippen LogP contribution < -0.4 is 5.32 Å². The zero-order chi connectivity index (χ0) is 13.0. The fraction of sp³-hybridized carbons (Fsp3) is 0.643. The Kier molecular flexibility index (Phi) is 4.55. The van der Waals surface area contributed by atoms with Gasteiger partial charge < -0.3 is 10.4 Å². The third kappa shape index (κ3) is 3.21. The van der Waals surface area contributed by atoms with Crippen molar-refractivity contribution in [3.8, 4) is 5.75 Å². The number of nitrogens with zero attached hydrogens (tertiary/aromatic N) is 2. The SMILES string of the molecule is CCCN(Cc1nc(C)ccc1O)C1CCNC1. The van der Waals surface area contributed by atoms with Crippen molar-refractivity contribution < 1.29 is 5.11 Å². The average molecular weight is 249 g/mol. The van der Waals surface area contributed by atoms with Crippen molar-refractivity contribution in [3.05, 3.63) is 23.5 Å². The molecule has 1 aromatic heterocycles. The summed E-state index contributed by atoms with van der Waals surface area (Å²) in [4.78, 5) is 6.89. The minimum Gasteiger partial charge on any atom is -0.506 e. The van der Waals surface area contributed by atoms with Crippen LogP contribution in [0.15, 0.2) is 12.1 Å². The molecule has 1 unspecified atom stereocenters. The Bertz CT molecular complexity index is 389. The molecule has 4 nitrogen and oxygen atoms in total. The standard InChI is InChI=1S/C14H23N3O/c1-3-8-17(12-6-7-15-9-12)10-13-14(18)5-4-11(2)16-13/h4-5,12,15,18H,3,6-10H2,1-2H3. The number of aromatic nitrogens is 1. The molecule has 0 aliphatic carbocycles. The van der Waals surface area contributed by atoms with Crippen LogP contribution in [0, 0.1) is 6.92 Å². The molecule has 2 rings (SSSR count). The lowest BCUT2D eigenvalue weighted by atomic mass is 10.2. The molecule has 0 radical (unpaired) electrons. The first-order valence-corrected chi connectivity index (χ1v) is 6.81. The normalized spacial score (nSPS) is 19.6. The summed E-state index contributed by atoms with van der Waals surface area (Å²) in [5, 5.41) is 13.3. The van der Waals surface area contributed by atoms with Gasteiger partial charge in [0.1, 0.15) is 5.75 Å². The van der Waals surface area contributed by atoms with Crippen molar-refractivity contribution in [2.75, 3.05) is 19.6 Å². The summed E-state index contributed by atoms with van der Waals surface area (Å²) in [6.07, 6.45) is 2.32. The largest absolute Gasteiger partial charge is 0.506 e. The fourth-order valence-electron chi connectivity index (χ4n) is 2.54. The molecule has 18 heavy (non-hydrogen) atoms. The number of rotatable bonds is 5. The minimum atomic E-state index is 0.313. The lowest BCUT2D eigenvalue weighted by molar-refractivity contribution is 0.195. The summed E-state index contributed by atoms with van der Waals surface area (Å²) in [6, 6.07) is 4.17. The first-order valence-electron chi connectivity index (χ1n) is 6.81. The summed E-state index contributed by atoms with van der Waals surface area (Å²) >= 11 is 0. The number of hydrogen-bond acceptors (Lipinski definition) is 4. The maximum absolute atomic E-state index is 9.89. The molecular weight excluding hydrogens is 226 g/mol. The molecule has 0 bridgehead atoms. The Labute approximate surface area is 109 Å². The molecule has 0 spiro atoms. The van der Waals surface area contributed by atoms with E-state index in [1.165, 1.54) is 6.42 Å². The van der Waals surface area contributed by atoms with E-state index >= 15 is 0 Å². The van der Waals surface area contributed by atoms with Gasteiger partial charge in [0.15, 0.2) is 0 Å². The van der Waals surface area contributed by atoms with E-state index in [4.69, 9.17) is 0 Å². The number of pyridine rings is 1. The van der Waals surface area contributed by atoms with E-state index in [-0.39, 0.29) is 0 Å². The lowest BCUT2D eigenvalue weighted by Crippen LogP contribution is -2.37. The molecule has 1 aromatic rings. The van der Waals surface area contributed by atoms with Crippen LogP contribution in [0.25, 0.3) is 0 Å². The van der Waals surface area contributed by atoms with Crippen LogP contribution in [0.1, 0.15) is 31.2 Å². The molecule has 2 N–H and O–H groups in total. The summed E-state index contributed by atoms with van der Waals surface area (Å²) in [5.41, 5.74) is 1.76. The molecule has 4 heteroatoms. The van der Waals surface area contributed by atoms with Gasteiger partial charge in [-0.15, -0.1) is 0 Å². The third-order valence-electron chi connectivity index (χ3n) is 3.50. The second-order valence-corrected chi connectivity index (χ2v) is 5.04. The maximum Gasteiger partial charge on any atom is 0.138 e. The van der Waals surface area contributed by atoms with E-state index in [9.17, 15) is 5.11 Å². The van der Waals surface area contributed by atoms with Gasteiger partial charge in [-0.1, -0.05) is 6.92 Å². The first-order chi connectivity index (χ1) is 8.70. The minimum absolute atomic E-state index is 0.313. The molecule has 0 amide bonds. The zero-order valence-corrected chi connectivity index (χ0v) is 11.3. The predicted molar refractivity (Wildman–Crippen MR) is 72.6 cm³/mol. The topological polar surface area (TPSA) is 48.4 Å². The van der Waals surface area contributed by atoms with Crippen molar-refractivity contribution in [2.24, 2.45) is 0 Å². The number of aromatic hydroxyl groups is 1. The van der Waals surface area contributed by atoms with E-state index in [2.05, 4.69) is 22.1 Å². The molecule has 1 aliphatic heterocycles. The molecule has 1 fully saturated rings. The zero-order valence-electron chi connectivity index (χ0n) is 11.3. The van der Waals surface area contributed by atoms with Crippen LogP contribution in [0.5, 0.6) is 5.75 Å². The van der Waals surface area contributed by atoms with E-state index in [1.807, 2.05) is 13.0 Å². The van der Waals surface area contributed by atoms with Crippen LogP contribution in [0.2, 0.25) is 0 Å². The number of nitrogens with one attached hydrogen (secondary N) is 1. The van der Waals surface area contributed by atoms with E-state index < -0.39 is 0 Å². The Morgan fingerprint density at radius 3 is 3.00 bits per heavy atom. The van der Waals surface area contributed by atoms with Gasteiger partial charge in [-0.3, -0.25) is 9.88 Å². The van der Waals surface area contributed by atoms with Crippen LogP contribution in [-0.4, -0.2) is 40.7 Å². The molecule has 1 saturated heterocycles. The highest BCUT2D eigenvalue weighted by Crippen LogP contribution is 2.19. The van der Waals surface area contributed by atoms with Crippen LogP contribution >= 0.6 is 0 Å². The highest BCUT2D eigenvalue weighted by molar-refractivity contribution is 5.27. The van der Waals surface area contributed by atoms with Gasteiger partial charge in [-0.25, -0.2) is 0 Å². The predicted octanol–water partition coefficient (Wildman–Crippen LogP) is 1.67. The second-order valence-electron chi connectivity index (χ2n) is 5.04. The monoisotopic (exact) mass is 249 g/mol. The van der Waals surface area contributed by atoms with Gasteiger partial charge in [-0.2, -0.15) is 0 Å². The number of hydrogen-bond donors (Lipinski definition) is 2. The summed E-state index contributed by atoms with van der Waals surface area (Å²) in [7, 11) is 0. The van der Waals surface area contributed by atoms with E-state index in [0.717, 1.165) is 44.0 Å². The van der Waals surface area contributed by atoms with Crippen LogP contribution in [0.4, 0.5) is 0 Å². The molecule has 100 valence electrons. The Morgan fingerprint density at radius 2 is 2.33 bits per heavy atom. The van der Waals surface area contributed by atoms with Gasteiger partial charge >= 0.3 is 0 Å². The Morgan fingerprint density at radius 1 is 1.50 bits per heavy atom.